The molecule has 2 aromatic heterocycles. The van der Waals surface area contributed by atoms with Gasteiger partial charge >= 0.3 is 0 Å². The van der Waals surface area contributed by atoms with Crippen LogP contribution in [0, 0.1) is 13.8 Å². The van der Waals surface area contributed by atoms with E-state index < -0.39 is 0 Å². The van der Waals surface area contributed by atoms with E-state index in [1.165, 1.54) is 16.7 Å². The van der Waals surface area contributed by atoms with Gasteiger partial charge < -0.3 is 20.0 Å². The maximum absolute atomic E-state index is 13.4. The molecule has 10 rings (SSSR count). The lowest BCUT2D eigenvalue weighted by atomic mass is 10.0. The molecule has 336 valence electrons. The quantitative estimate of drug-likeness (QED) is 0.172. The van der Waals surface area contributed by atoms with E-state index >= 15 is 0 Å². The lowest BCUT2D eigenvalue weighted by molar-refractivity contribution is 0.0670. The summed E-state index contributed by atoms with van der Waals surface area (Å²) in [5, 5.41) is 14.5. The first kappa shape index (κ1) is 46.4. The van der Waals surface area contributed by atoms with Crippen LogP contribution in [0.25, 0.3) is 0 Å². The zero-order valence-electron chi connectivity index (χ0n) is 35.7. The van der Waals surface area contributed by atoms with Crippen LogP contribution in [0.15, 0.2) is 84.9 Å². The fraction of sp³-hybridized carbons (Fsp3) is 0.292. The highest BCUT2D eigenvalue weighted by Gasteiger charge is 2.35. The lowest BCUT2D eigenvalue weighted by Gasteiger charge is -2.30. The van der Waals surface area contributed by atoms with Gasteiger partial charge in [0, 0.05) is 73.1 Å². The zero-order chi connectivity index (χ0) is 45.9. The highest BCUT2D eigenvalue weighted by atomic mass is 79.9. The first-order valence-corrected chi connectivity index (χ1v) is 23.8. The molecule has 0 bridgehead atoms. The topological polar surface area (TPSA) is 126 Å². The average Bonchev–Trinajstić information content (AvgIpc) is 3.89. The maximum Gasteiger partial charge on any atom is 0.272 e. The van der Waals surface area contributed by atoms with Crippen LogP contribution in [0.1, 0.15) is 86.5 Å². The van der Waals surface area contributed by atoms with Gasteiger partial charge in [-0.2, -0.15) is 10.2 Å². The summed E-state index contributed by atoms with van der Waals surface area (Å²) in [5.41, 5.74) is 10.6. The van der Waals surface area contributed by atoms with Crippen LogP contribution in [0.2, 0.25) is 20.1 Å². The summed E-state index contributed by atoms with van der Waals surface area (Å²) in [6.45, 7) is 9.05. The predicted octanol–water partition coefficient (Wildman–Crippen LogP) is 9.37. The summed E-state index contributed by atoms with van der Waals surface area (Å²) < 4.78 is 3.56. The highest BCUT2D eigenvalue weighted by molar-refractivity contribution is 9.08. The van der Waals surface area contributed by atoms with Gasteiger partial charge in [-0.25, -0.2) is 0 Å². The Kier molecular flexibility index (Phi) is 14.4. The Morgan fingerprint density at radius 3 is 1.62 bits per heavy atom. The van der Waals surface area contributed by atoms with Crippen molar-refractivity contribution < 1.29 is 19.2 Å². The zero-order valence-corrected chi connectivity index (χ0v) is 40.3. The van der Waals surface area contributed by atoms with E-state index in [1.807, 2.05) is 16.5 Å². The number of aromatic nitrogens is 4. The molecule has 4 aliphatic heterocycles. The number of nitrogens with one attached hydrogen (secondary N) is 1. The summed E-state index contributed by atoms with van der Waals surface area (Å²) in [5.74, 6) is -0.419. The summed E-state index contributed by atoms with van der Waals surface area (Å²) in [4.78, 5) is 56.7. The molecule has 0 aliphatic carbocycles. The van der Waals surface area contributed by atoms with Gasteiger partial charge in [0.25, 0.3) is 23.6 Å². The Morgan fingerprint density at radius 2 is 1.11 bits per heavy atom. The Bertz CT molecular complexity index is 2790. The van der Waals surface area contributed by atoms with Crippen LogP contribution in [-0.2, 0) is 50.9 Å². The van der Waals surface area contributed by atoms with Crippen molar-refractivity contribution in [2.45, 2.75) is 64.7 Å². The molecule has 4 aliphatic rings. The molecule has 65 heavy (non-hydrogen) atoms. The van der Waals surface area contributed by atoms with Crippen molar-refractivity contribution in [2.75, 3.05) is 26.2 Å². The molecule has 0 radical (unpaired) electrons. The average molecular weight is 1020 g/mol. The molecule has 0 spiro atoms. The van der Waals surface area contributed by atoms with Crippen molar-refractivity contribution >= 4 is 86.0 Å². The normalized spacial score (nSPS) is 15.0. The number of carbonyl (C=O) groups excluding carboxylic acids is 4. The molecule has 0 unspecified atom stereocenters. The smallest absolute Gasteiger partial charge is 0.272 e. The fourth-order valence-corrected chi connectivity index (χ4v) is 9.18. The molecule has 0 saturated carbocycles. The second kappa shape index (κ2) is 20.1. The fourth-order valence-electron chi connectivity index (χ4n) is 8.21. The van der Waals surface area contributed by atoms with Crippen LogP contribution in [0.3, 0.4) is 0 Å². The molecular formula is C48H45BrCl4N8O4. The molecule has 6 heterocycles. The number of hydrogen-bond donors (Lipinski definition) is 1. The van der Waals surface area contributed by atoms with Crippen molar-refractivity contribution in [3.63, 3.8) is 0 Å². The molecular weight excluding hydrogens is 974 g/mol. The Labute approximate surface area is 405 Å². The Balaban J connectivity index is 0.000000153. The van der Waals surface area contributed by atoms with Crippen LogP contribution in [0.5, 0.6) is 0 Å². The Hall–Kier alpha value is -5.18. The predicted molar refractivity (Wildman–Crippen MR) is 256 cm³/mol. The minimum atomic E-state index is -0.131. The van der Waals surface area contributed by atoms with Gasteiger partial charge in [-0.1, -0.05) is 122 Å². The molecule has 1 N–H and O–H groups in total. The van der Waals surface area contributed by atoms with Gasteiger partial charge in [-0.15, -0.1) is 0 Å². The molecule has 0 atom stereocenters. The molecule has 4 aromatic carbocycles. The molecule has 12 nitrogen and oxygen atoms in total. The van der Waals surface area contributed by atoms with Gasteiger partial charge in [-0.05, 0) is 61.4 Å². The largest absolute Gasteiger partial charge is 0.349 e. The minimum absolute atomic E-state index is 0.0330. The SMILES string of the molecule is Cc1ccc(CBr)cc1.Cc1ccc(CN2CCn3nc4c(c3C2=O)CN(C(=O)c2ccc(Cl)c(Cl)c2)CC4)cc1.O=C1NCCn2nc3c(c21)CN(C(=O)c1ccc(Cl)c(Cl)c1)CC3. The van der Waals surface area contributed by atoms with Gasteiger partial charge in [0.2, 0.25) is 0 Å². The van der Waals surface area contributed by atoms with Gasteiger partial charge in [0.05, 0.1) is 57.7 Å². The molecule has 6 aromatic rings. The van der Waals surface area contributed by atoms with Gasteiger partial charge in [-0.3, -0.25) is 28.5 Å². The number of rotatable bonds is 5. The number of benzene rings is 4. The van der Waals surface area contributed by atoms with Crippen molar-refractivity contribution in [1.82, 2.24) is 39.6 Å². The van der Waals surface area contributed by atoms with E-state index in [0.717, 1.165) is 33.4 Å². The molecule has 17 heteroatoms. The van der Waals surface area contributed by atoms with Gasteiger partial charge in [0.1, 0.15) is 11.4 Å². The van der Waals surface area contributed by atoms with E-state index in [0.29, 0.717) is 114 Å². The molecule has 0 fully saturated rings. The van der Waals surface area contributed by atoms with E-state index in [-0.39, 0.29) is 23.6 Å². The van der Waals surface area contributed by atoms with Crippen LogP contribution in [0.4, 0.5) is 0 Å². The summed E-state index contributed by atoms with van der Waals surface area (Å²) >= 11 is 27.4. The van der Waals surface area contributed by atoms with Crippen molar-refractivity contribution in [3.8, 4) is 0 Å². The third-order valence-electron chi connectivity index (χ3n) is 11.8. The second-order valence-electron chi connectivity index (χ2n) is 16.3. The first-order chi connectivity index (χ1) is 31.3. The van der Waals surface area contributed by atoms with Crippen molar-refractivity contribution in [2.24, 2.45) is 0 Å². The summed E-state index contributed by atoms with van der Waals surface area (Å²) in [7, 11) is 0. The van der Waals surface area contributed by atoms with Gasteiger partial charge in [0.15, 0.2) is 0 Å². The third-order valence-corrected chi connectivity index (χ3v) is 13.9. The minimum Gasteiger partial charge on any atom is -0.349 e. The summed E-state index contributed by atoms with van der Waals surface area (Å²) in [6, 6.07) is 26.5. The Morgan fingerprint density at radius 1 is 0.615 bits per heavy atom. The number of nitrogens with zero attached hydrogens (tertiary/aromatic N) is 7. The number of amides is 4. The second-order valence-corrected chi connectivity index (χ2v) is 18.5. The third kappa shape index (κ3) is 10.3. The van der Waals surface area contributed by atoms with E-state index in [1.54, 1.807) is 50.9 Å². The van der Waals surface area contributed by atoms with E-state index in [9.17, 15) is 19.2 Å². The number of hydrogen-bond acceptors (Lipinski definition) is 6. The number of aryl methyl sites for hydroxylation is 2. The maximum atomic E-state index is 13.4. The number of alkyl halides is 1. The van der Waals surface area contributed by atoms with Crippen LogP contribution in [-0.4, -0.2) is 84.1 Å². The monoisotopic (exact) mass is 1020 g/mol. The molecule has 4 amide bonds. The standard InChI is InChI=1S/C24H22Cl2N4O2.C16H14Cl2N4O2.C8H9Br/c1-15-2-4-16(5-3-15)13-29-10-11-30-22(24(29)32)18-14-28(9-8-21(18)27-30)23(31)17-6-7-19(25)20(26)12-17;17-11-2-1-9(7-12(11)18)16(24)21-5-3-13-10(8-21)14-15(23)19-4-6-22(14)20-13;1-7-2-4-8(6-9)5-3-7/h2-7,12H,8-11,13-14H2,1H3;1-2,7H,3-6,8H2,(H,19,23);2-5H,6H2,1H3. The number of carbonyl (C=O) groups is 4. The summed E-state index contributed by atoms with van der Waals surface area (Å²) in [6.07, 6.45) is 1.25. The number of fused-ring (bicyclic) bond motifs is 6. The molecule has 0 saturated heterocycles. The van der Waals surface area contributed by atoms with Crippen molar-refractivity contribution in [3.05, 3.63) is 172 Å². The van der Waals surface area contributed by atoms with Crippen molar-refractivity contribution in [1.29, 1.82) is 0 Å². The highest BCUT2D eigenvalue weighted by Crippen LogP contribution is 2.30. The van der Waals surface area contributed by atoms with Crippen LogP contribution < -0.4 is 5.32 Å². The number of halogens is 5. The van der Waals surface area contributed by atoms with E-state index in [2.05, 4.69) is 86.9 Å². The first-order valence-electron chi connectivity index (χ1n) is 21.2. The van der Waals surface area contributed by atoms with Crippen LogP contribution >= 0.6 is 62.3 Å². The van der Waals surface area contributed by atoms with E-state index in [4.69, 9.17) is 46.4 Å². The lowest BCUT2D eigenvalue weighted by Crippen LogP contribution is -2.41.